The lowest BCUT2D eigenvalue weighted by Gasteiger charge is -2.50. The molecule has 0 atom stereocenters. The summed E-state index contributed by atoms with van der Waals surface area (Å²) in [5, 5.41) is 2.18. The molecule has 0 amide bonds. The van der Waals surface area contributed by atoms with Crippen LogP contribution < -0.4 is 5.59 Å². The van der Waals surface area contributed by atoms with Gasteiger partial charge in [-0.2, -0.15) is 0 Å². The van der Waals surface area contributed by atoms with Gasteiger partial charge in [-0.05, 0) is 44.4 Å². The van der Waals surface area contributed by atoms with E-state index >= 15 is 0 Å². The summed E-state index contributed by atoms with van der Waals surface area (Å²) >= 11 is 0. The van der Waals surface area contributed by atoms with Crippen LogP contribution >= 0.6 is 0 Å². The van der Waals surface area contributed by atoms with E-state index in [9.17, 15) is 0 Å². The Kier molecular flexibility index (Phi) is 1.56. The van der Waals surface area contributed by atoms with Crippen LogP contribution in [0.1, 0.15) is 38.5 Å². The van der Waals surface area contributed by atoms with Gasteiger partial charge in [0.05, 0.1) is 11.7 Å². The fraction of sp³-hybridized carbons (Fsp3) is 0.800. The lowest BCUT2D eigenvalue weighted by molar-refractivity contribution is -0.0774. The van der Waals surface area contributed by atoms with Gasteiger partial charge in [0, 0.05) is 0 Å². The van der Waals surface area contributed by atoms with Crippen LogP contribution in [0.25, 0.3) is 0 Å². The maximum Gasteiger partial charge on any atom is 0.131 e. The van der Waals surface area contributed by atoms with Crippen LogP contribution in [0.4, 0.5) is 0 Å². The minimum Gasteiger partial charge on any atom is -0.395 e. The van der Waals surface area contributed by atoms with E-state index in [2.05, 4.69) is 10.6 Å². The first-order chi connectivity index (χ1) is 6.39. The van der Waals surface area contributed by atoms with Gasteiger partial charge in [0.15, 0.2) is 0 Å². The second-order valence-corrected chi connectivity index (χ2v) is 4.57. The van der Waals surface area contributed by atoms with Crippen LogP contribution in [0, 0.1) is 5.92 Å². The van der Waals surface area contributed by atoms with Gasteiger partial charge < -0.3 is 4.84 Å². The van der Waals surface area contributed by atoms with Crippen molar-refractivity contribution in [2.45, 2.75) is 44.1 Å². The highest BCUT2D eigenvalue weighted by Crippen LogP contribution is 2.47. The maximum absolute atomic E-state index is 5.05. The van der Waals surface area contributed by atoms with Crippen molar-refractivity contribution in [2.24, 2.45) is 5.92 Å². The van der Waals surface area contributed by atoms with E-state index in [-0.39, 0.29) is 0 Å². The molecule has 1 aliphatic heterocycles. The van der Waals surface area contributed by atoms with E-state index in [0.717, 1.165) is 5.92 Å². The Labute approximate surface area is 78.7 Å². The summed E-state index contributed by atoms with van der Waals surface area (Å²) in [5.41, 5.74) is 3.34. The molecule has 0 aromatic carbocycles. The average Bonchev–Trinajstić information content (AvgIpc) is 2.74. The molecule has 2 bridgehead atoms. The van der Waals surface area contributed by atoms with Gasteiger partial charge in [-0.1, -0.05) is 5.59 Å². The van der Waals surface area contributed by atoms with Crippen LogP contribution in [0.2, 0.25) is 0 Å². The quantitative estimate of drug-likeness (QED) is 0.667. The maximum atomic E-state index is 5.05. The van der Waals surface area contributed by atoms with Crippen molar-refractivity contribution < 1.29 is 4.84 Å². The summed E-state index contributed by atoms with van der Waals surface area (Å²) in [4.78, 5) is 5.05. The van der Waals surface area contributed by atoms with Crippen molar-refractivity contribution in [1.29, 1.82) is 0 Å². The summed E-state index contributed by atoms with van der Waals surface area (Å²) in [6, 6.07) is 0. The van der Waals surface area contributed by atoms with Gasteiger partial charge in [-0.15, -0.1) is 0 Å². The van der Waals surface area contributed by atoms with Crippen molar-refractivity contribution in [2.75, 3.05) is 0 Å². The van der Waals surface area contributed by atoms with Crippen LogP contribution in [0.5, 0.6) is 0 Å². The summed E-state index contributed by atoms with van der Waals surface area (Å²) in [5.74, 6) is 1.02. The molecule has 0 aromatic rings. The summed E-state index contributed by atoms with van der Waals surface area (Å²) in [6.45, 7) is 0. The van der Waals surface area contributed by atoms with Gasteiger partial charge in [-0.25, -0.2) is 0 Å². The molecule has 0 spiro atoms. The number of rotatable bonds is 1. The highest BCUT2D eigenvalue weighted by Gasteiger charge is 2.44. The summed E-state index contributed by atoms with van der Waals surface area (Å²) in [6.07, 6.45) is 12.0. The zero-order chi connectivity index (χ0) is 8.73. The third-order valence-corrected chi connectivity index (χ3v) is 3.99. The monoisotopic (exact) mass is 180 g/mol. The zero-order valence-electron chi connectivity index (χ0n) is 7.83. The highest BCUT2D eigenvalue weighted by atomic mass is 16.7. The number of nitrogens with one attached hydrogen (secondary N) is 1. The van der Waals surface area contributed by atoms with E-state index < -0.39 is 0 Å². The van der Waals surface area contributed by atoms with Gasteiger partial charge in [0.1, 0.15) is 6.26 Å². The second-order valence-electron chi connectivity index (χ2n) is 4.57. The lowest BCUT2D eigenvalue weighted by Crippen LogP contribution is -2.54. The molecule has 3 fully saturated rings. The van der Waals surface area contributed by atoms with Gasteiger partial charge in [-0.3, -0.25) is 5.01 Å². The highest BCUT2D eigenvalue weighted by molar-refractivity contribution is 5.02. The Morgan fingerprint density at radius 1 is 1.23 bits per heavy atom. The second kappa shape index (κ2) is 2.64. The largest absolute Gasteiger partial charge is 0.395 e. The van der Waals surface area contributed by atoms with Gasteiger partial charge in [0.2, 0.25) is 0 Å². The van der Waals surface area contributed by atoms with Crippen molar-refractivity contribution in [3.8, 4) is 0 Å². The average molecular weight is 180 g/mol. The summed E-state index contributed by atoms with van der Waals surface area (Å²) < 4.78 is 0. The Balaban J connectivity index is 1.82. The molecule has 0 unspecified atom stereocenters. The molecule has 72 valence electrons. The van der Waals surface area contributed by atoms with Gasteiger partial charge in [0.25, 0.3) is 0 Å². The molecule has 1 heterocycles. The number of hydrogen-bond donors (Lipinski definition) is 1. The van der Waals surface area contributed by atoms with Crippen LogP contribution in [-0.4, -0.2) is 10.5 Å². The normalized spacial score (nSPS) is 42.5. The van der Waals surface area contributed by atoms with E-state index in [1.54, 1.807) is 6.26 Å². The minimum absolute atomic E-state index is 0.377. The van der Waals surface area contributed by atoms with E-state index in [4.69, 9.17) is 4.84 Å². The molecule has 3 saturated carbocycles. The van der Waals surface area contributed by atoms with Crippen molar-refractivity contribution >= 4 is 0 Å². The Morgan fingerprint density at radius 3 is 2.46 bits per heavy atom. The van der Waals surface area contributed by atoms with E-state index in [1.807, 2.05) is 6.20 Å². The smallest absolute Gasteiger partial charge is 0.131 e. The van der Waals surface area contributed by atoms with Crippen molar-refractivity contribution in [1.82, 2.24) is 10.6 Å². The molecule has 4 rings (SSSR count). The molecule has 0 aromatic heterocycles. The number of nitrogens with zero attached hydrogens (tertiary/aromatic N) is 1. The Hall–Kier alpha value is -0.700. The fourth-order valence-electron chi connectivity index (χ4n) is 3.05. The molecule has 0 saturated heterocycles. The predicted octanol–water partition coefficient (Wildman–Crippen LogP) is 1.93. The van der Waals surface area contributed by atoms with Crippen LogP contribution in [0.3, 0.4) is 0 Å². The van der Waals surface area contributed by atoms with Crippen LogP contribution in [-0.2, 0) is 4.84 Å². The van der Waals surface area contributed by atoms with E-state index in [0.29, 0.717) is 5.54 Å². The van der Waals surface area contributed by atoms with Crippen molar-refractivity contribution in [3.63, 3.8) is 0 Å². The third-order valence-electron chi connectivity index (χ3n) is 3.99. The number of hydrazine groups is 1. The first kappa shape index (κ1) is 7.68. The fourth-order valence-corrected chi connectivity index (χ4v) is 3.05. The molecule has 1 N–H and O–H groups in total. The van der Waals surface area contributed by atoms with E-state index in [1.165, 1.54) is 38.5 Å². The standard InChI is InChI=1S/C10H16N2O/c1-4-10(12-7-8-13-11-12)5-2-9(1)3-6-10/h7-9,11H,1-6H2. The molecular formula is C10H16N2O. The van der Waals surface area contributed by atoms with Crippen molar-refractivity contribution in [3.05, 3.63) is 12.5 Å². The predicted molar refractivity (Wildman–Crippen MR) is 49.1 cm³/mol. The Bertz CT molecular complexity index is 217. The molecule has 3 nitrogen and oxygen atoms in total. The zero-order valence-corrected chi connectivity index (χ0v) is 7.83. The SMILES string of the molecule is C1=CN(C23CCC(CC2)CC3)NO1. The topological polar surface area (TPSA) is 24.5 Å². The van der Waals surface area contributed by atoms with Crippen LogP contribution in [0.15, 0.2) is 12.5 Å². The summed E-state index contributed by atoms with van der Waals surface area (Å²) in [7, 11) is 0. The number of fused-ring (bicyclic) bond motifs is 3. The minimum atomic E-state index is 0.377. The molecular weight excluding hydrogens is 164 g/mol. The Morgan fingerprint density at radius 2 is 1.92 bits per heavy atom. The molecule has 0 radical (unpaired) electrons. The molecule has 3 aliphatic carbocycles. The first-order valence-corrected chi connectivity index (χ1v) is 5.26. The number of hydrogen-bond acceptors (Lipinski definition) is 3. The van der Waals surface area contributed by atoms with Gasteiger partial charge >= 0.3 is 0 Å². The first-order valence-electron chi connectivity index (χ1n) is 5.26. The third kappa shape index (κ3) is 1.06. The molecule has 4 aliphatic rings. The molecule has 3 heteroatoms. The molecule has 13 heavy (non-hydrogen) atoms. The lowest BCUT2D eigenvalue weighted by atomic mass is 9.65.